The number of benzene rings is 2. The molecule has 3 heteroatoms. The van der Waals surface area contributed by atoms with Crippen molar-refractivity contribution in [3.05, 3.63) is 60.7 Å². The summed E-state index contributed by atoms with van der Waals surface area (Å²) in [6.07, 6.45) is 3.16. The molecule has 0 spiro atoms. The third kappa shape index (κ3) is 3.34. The fourth-order valence-corrected chi connectivity index (χ4v) is 6.10. The fraction of sp³-hybridized carbons (Fsp3) is 0.368. The van der Waals surface area contributed by atoms with E-state index in [1.54, 1.807) is 0 Å². The Balaban J connectivity index is 1.95. The van der Waals surface area contributed by atoms with Crippen molar-refractivity contribution in [3.8, 4) is 0 Å². The summed E-state index contributed by atoms with van der Waals surface area (Å²) in [6.45, 7) is 4.42. The van der Waals surface area contributed by atoms with Crippen LogP contribution in [-0.2, 0) is 4.57 Å². The number of piperidine rings is 1. The highest BCUT2D eigenvalue weighted by molar-refractivity contribution is 7.78. The van der Waals surface area contributed by atoms with Gasteiger partial charge in [-0.15, -0.1) is 0 Å². The van der Waals surface area contributed by atoms with Gasteiger partial charge in [-0.1, -0.05) is 67.6 Å². The molecule has 1 heterocycles. The molecular weight excluding hydrogens is 289 g/mol. The van der Waals surface area contributed by atoms with E-state index in [1.807, 2.05) is 60.7 Å². The predicted molar refractivity (Wildman–Crippen MR) is 94.6 cm³/mol. The molecule has 22 heavy (non-hydrogen) atoms. The van der Waals surface area contributed by atoms with E-state index in [4.69, 9.17) is 0 Å². The molecule has 0 bridgehead atoms. The van der Waals surface area contributed by atoms with Gasteiger partial charge in [-0.25, -0.2) is 0 Å². The number of likely N-dealkylation sites (tertiary alicyclic amines) is 1. The molecule has 116 valence electrons. The van der Waals surface area contributed by atoms with E-state index in [-0.39, 0.29) is 0 Å². The summed E-state index contributed by atoms with van der Waals surface area (Å²) in [5.41, 5.74) is 0. The smallest absolute Gasteiger partial charge is 0.156 e. The highest BCUT2D eigenvalue weighted by Crippen LogP contribution is 2.44. The lowest BCUT2D eigenvalue weighted by Gasteiger charge is -2.34. The molecule has 0 aliphatic carbocycles. The quantitative estimate of drug-likeness (QED) is 0.802. The van der Waals surface area contributed by atoms with Crippen LogP contribution in [-0.4, -0.2) is 24.3 Å². The van der Waals surface area contributed by atoms with Gasteiger partial charge in [0.1, 0.15) is 0 Å². The van der Waals surface area contributed by atoms with Gasteiger partial charge in [-0.3, -0.25) is 4.90 Å². The Hall–Kier alpha value is -1.37. The SMILES string of the molecule is C[C@H]1CCCN(CP(=O)(c2ccccc2)c2ccccc2)C1. The second-order valence-corrected chi connectivity index (χ2v) is 9.17. The van der Waals surface area contributed by atoms with Crippen molar-refractivity contribution in [1.29, 1.82) is 0 Å². The van der Waals surface area contributed by atoms with Gasteiger partial charge in [-0.2, -0.15) is 0 Å². The van der Waals surface area contributed by atoms with E-state index in [9.17, 15) is 4.57 Å². The molecule has 0 radical (unpaired) electrons. The average Bonchev–Trinajstić information content (AvgIpc) is 2.56. The van der Waals surface area contributed by atoms with E-state index < -0.39 is 7.14 Å². The maximum Gasteiger partial charge on any atom is 0.156 e. The lowest BCUT2D eigenvalue weighted by Crippen LogP contribution is -2.37. The van der Waals surface area contributed by atoms with Crippen LogP contribution in [0.15, 0.2) is 60.7 Å². The second-order valence-electron chi connectivity index (χ2n) is 6.38. The van der Waals surface area contributed by atoms with Gasteiger partial charge in [0.15, 0.2) is 7.14 Å². The molecule has 0 unspecified atom stereocenters. The maximum atomic E-state index is 13.9. The minimum absolute atomic E-state index is 0.658. The molecule has 1 aliphatic heterocycles. The van der Waals surface area contributed by atoms with Gasteiger partial charge in [0.05, 0.1) is 6.29 Å². The van der Waals surface area contributed by atoms with Crippen molar-refractivity contribution < 1.29 is 4.57 Å². The van der Waals surface area contributed by atoms with Crippen molar-refractivity contribution in [3.63, 3.8) is 0 Å². The van der Waals surface area contributed by atoms with Crippen LogP contribution in [0.5, 0.6) is 0 Å². The van der Waals surface area contributed by atoms with Gasteiger partial charge in [0.25, 0.3) is 0 Å². The first-order valence-corrected chi connectivity index (χ1v) is 10.0. The van der Waals surface area contributed by atoms with Crippen LogP contribution >= 0.6 is 7.14 Å². The molecular formula is C19H24NOP. The van der Waals surface area contributed by atoms with Crippen molar-refractivity contribution in [1.82, 2.24) is 4.90 Å². The van der Waals surface area contributed by atoms with E-state index >= 15 is 0 Å². The predicted octanol–water partition coefficient (Wildman–Crippen LogP) is 3.69. The Morgan fingerprint density at radius 1 is 1.00 bits per heavy atom. The molecule has 0 aromatic heterocycles. The number of nitrogens with zero attached hydrogens (tertiary/aromatic N) is 1. The standard InChI is InChI=1S/C19H24NOP/c1-17-9-8-14-20(15-17)16-22(21,18-10-4-2-5-11-18)19-12-6-3-7-13-19/h2-7,10-13,17H,8-9,14-16H2,1H3/t17-/m0/s1. The average molecular weight is 313 g/mol. The van der Waals surface area contributed by atoms with Crippen molar-refractivity contribution in [2.45, 2.75) is 19.8 Å². The molecule has 1 aliphatic rings. The molecule has 1 saturated heterocycles. The van der Waals surface area contributed by atoms with Gasteiger partial charge in [-0.05, 0) is 25.3 Å². The van der Waals surface area contributed by atoms with E-state index in [0.717, 1.165) is 23.7 Å². The Kier molecular flexibility index (Phi) is 4.81. The molecule has 0 N–H and O–H groups in total. The molecule has 2 aromatic rings. The zero-order chi connectivity index (χ0) is 15.4. The maximum absolute atomic E-state index is 13.9. The summed E-state index contributed by atoms with van der Waals surface area (Å²) in [4.78, 5) is 2.40. The Morgan fingerprint density at radius 2 is 1.55 bits per heavy atom. The first kappa shape index (κ1) is 15.5. The zero-order valence-electron chi connectivity index (χ0n) is 13.2. The Labute approximate surface area is 133 Å². The molecule has 1 fully saturated rings. The van der Waals surface area contributed by atoms with Crippen molar-refractivity contribution >= 4 is 17.8 Å². The summed E-state index contributed by atoms with van der Waals surface area (Å²) >= 11 is 0. The molecule has 2 nitrogen and oxygen atoms in total. The molecule has 1 atom stereocenters. The normalized spacial score (nSPS) is 20.0. The Morgan fingerprint density at radius 3 is 2.05 bits per heavy atom. The van der Waals surface area contributed by atoms with Crippen LogP contribution in [0.4, 0.5) is 0 Å². The van der Waals surface area contributed by atoms with E-state index in [2.05, 4.69) is 11.8 Å². The van der Waals surface area contributed by atoms with Crippen LogP contribution in [0.25, 0.3) is 0 Å². The monoisotopic (exact) mass is 313 g/mol. The van der Waals surface area contributed by atoms with Gasteiger partial charge >= 0.3 is 0 Å². The molecule has 0 amide bonds. The van der Waals surface area contributed by atoms with Crippen molar-refractivity contribution in [2.75, 3.05) is 19.4 Å². The van der Waals surface area contributed by atoms with E-state index in [1.165, 1.54) is 12.8 Å². The topological polar surface area (TPSA) is 20.3 Å². The third-order valence-electron chi connectivity index (χ3n) is 4.49. The second kappa shape index (κ2) is 6.81. The zero-order valence-corrected chi connectivity index (χ0v) is 14.1. The number of hydrogen-bond acceptors (Lipinski definition) is 2. The minimum Gasteiger partial charge on any atom is -0.312 e. The highest BCUT2D eigenvalue weighted by Gasteiger charge is 2.31. The molecule has 2 aromatic carbocycles. The minimum atomic E-state index is -2.59. The Bertz CT molecular complexity index is 597. The van der Waals surface area contributed by atoms with Crippen LogP contribution in [0, 0.1) is 5.92 Å². The molecule has 3 rings (SSSR count). The van der Waals surface area contributed by atoms with Crippen LogP contribution in [0.1, 0.15) is 19.8 Å². The van der Waals surface area contributed by atoms with Crippen LogP contribution in [0.2, 0.25) is 0 Å². The van der Waals surface area contributed by atoms with Gasteiger partial charge < -0.3 is 4.57 Å². The number of hydrogen-bond donors (Lipinski definition) is 0. The van der Waals surface area contributed by atoms with E-state index in [0.29, 0.717) is 12.2 Å². The van der Waals surface area contributed by atoms with Crippen LogP contribution < -0.4 is 10.6 Å². The lowest BCUT2D eigenvalue weighted by atomic mass is 10.0. The summed E-state index contributed by atoms with van der Waals surface area (Å²) in [6, 6.07) is 20.0. The van der Waals surface area contributed by atoms with Gasteiger partial charge in [0.2, 0.25) is 0 Å². The van der Waals surface area contributed by atoms with Crippen LogP contribution in [0.3, 0.4) is 0 Å². The summed E-state index contributed by atoms with van der Waals surface area (Å²) in [7, 11) is -2.59. The molecule has 0 saturated carbocycles. The van der Waals surface area contributed by atoms with Gasteiger partial charge in [0, 0.05) is 17.2 Å². The first-order chi connectivity index (χ1) is 10.7. The summed E-state index contributed by atoms with van der Waals surface area (Å²) in [5.74, 6) is 0.703. The third-order valence-corrected chi connectivity index (χ3v) is 7.55. The summed E-state index contributed by atoms with van der Waals surface area (Å²) in [5, 5.41) is 1.94. The number of rotatable bonds is 4. The lowest BCUT2D eigenvalue weighted by molar-refractivity contribution is 0.210. The largest absolute Gasteiger partial charge is 0.312 e. The fourth-order valence-electron chi connectivity index (χ4n) is 3.35. The summed E-state index contributed by atoms with van der Waals surface area (Å²) < 4.78 is 13.9. The van der Waals surface area contributed by atoms with Crippen molar-refractivity contribution in [2.24, 2.45) is 5.92 Å². The highest BCUT2D eigenvalue weighted by atomic mass is 31.2. The first-order valence-electron chi connectivity index (χ1n) is 8.11.